The van der Waals surface area contributed by atoms with E-state index in [-0.39, 0.29) is 49.2 Å². The molecule has 40 heavy (non-hydrogen) atoms. The van der Waals surface area contributed by atoms with Crippen molar-refractivity contribution in [3.05, 3.63) is 47.5 Å². The topological polar surface area (TPSA) is 101 Å². The summed E-state index contributed by atoms with van der Waals surface area (Å²) in [5, 5.41) is 13.0. The van der Waals surface area contributed by atoms with Crippen LogP contribution in [0.1, 0.15) is 61.9 Å². The fourth-order valence-electron chi connectivity index (χ4n) is 5.85. The predicted octanol–water partition coefficient (Wildman–Crippen LogP) is 4.29. The van der Waals surface area contributed by atoms with Crippen LogP contribution in [0.3, 0.4) is 0 Å². The minimum absolute atomic E-state index is 0.0102. The Morgan fingerprint density at radius 2 is 1.85 bits per heavy atom. The predicted molar refractivity (Wildman–Crippen MR) is 152 cm³/mol. The molecule has 3 atom stereocenters. The highest BCUT2D eigenvalue weighted by Gasteiger charge is 2.34. The van der Waals surface area contributed by atoms with Crippen LogP contribution in [-0.2, 0) is 11.3 Å². The van der Waals surface area contributed by atoms with Crippen LogP contribution < -0.4 is 19.5 Å². The molecule has 216 valence electrons. The maximum atomic E-state index is 13.7. The van der Waals surface area contributed by atoms with E-state index in [2.05, 4.69) is 17.1 Å². The zero-order valence-electron chi connectivity index (χ0n) is 23.7. The van der Waals surface area contributed by atoms with Gasteiger partial charge >= 0.3 is 0 Å². The average molecular weight is 552 g/mol. The summed E-state index contributed by atoms with van der Waals surface area (Å²) in [6.07, 6.45) is 4.93. The lowest BCUT2D eigenvalue weighted by atomic mass is 9.88. The number of aliphatic hydroxyl groups excluding tert-OH is 1. The Bertz CT molecular complexity index is 1210. The first-order valence-corrected chi connectivity index (χ1v) is 14.4. The van der Waals surface area contributed by atoms with Crippen LogP contribution >= 0.6 is 0 Å². The fraction of sp³-hybridized carbons (Fsp3) is 0.548. The number of hydrogen-bond donors (Lipinski definition) is 2. The monoisotopic (exact) mass is 551 g/mol. The van der Waals surface area contributed by atoms with E-state index in [0.717, 1.165) is 42.7 Å². The van der Waals surface area contributed by atoms with Gasteiger partial charge in [0.2, 0.25) is 12.7 Å². The van der Waals surface area contributed by atoms with Crippen molar-refractivity contribution in [3.8, 4) is 17.2 Å². The van der Waals surface area contributed by atoms with Gasteiger partial charge in [-0.15, -0.1) is 0 Å². The smallest absolute Gasteiger partial charge is 0.258 e. The molecule has 0 saturated heterocycles. The zero-order valence-corrected chi connectivity index (χ0v) is 23.7. The van der Waals surface area contributed by atoms with Crippen molar-refractivity contribution >= 4 is 17.5 Å². The van der Waals surface area contributed by atoms with Crippen molar-refractivity contribution in [1.29, 1.82) is 0 Å². The van der Waals surface area contributed by atoms with Gasteiger partial charge in [0, 0.05) is 37.2 Å². The van der Waals surface area contributed by atoms with Gasteiger partial charge in [0.05, 0.1) is 18.2 Å². The second-order valence-corrected chi connectivity index (χ2v) is 11.5. The summed E-state index contributed by atoms with van der Waals surface area (Å²) < 4.78 is 17.5. The van der Waals surface area contributed by atoms with Crippen molar-refractivity contribution in [2.75, 3.05) is 38.9 Å². The molecule has 0 radical (unpaired) electrons. The number of nitrogens with one attached hydrogen (secondary N) is 1. The van der Waals surface area contributed by atoms with Gasteiger partial charge in [-0.05, 0) is 62.7 Å². The molecular weight excluding hydrogens is 510 g/mol. The summed E-state index contributed by atoms with van der Waals surface area (Å²) in [7, 11) is 2.05. The molecule has 0 unspecified atom stereocenters. The molecule has 1 fully saturated rings. The van der Waals surface area contributed by atoms with Crippen LogP contribution in [-0.4, -0.2) is 72.4 Å². The zero-order chi connectivity index (χ0) is 28.2. The molecule has 5 rings (SSSR count). The van der Waals surface area contributed by atoms with Crippen LogP contribution in [0.25, 0.3) is 0 Å². The van der Waals surface area contributed by atoms with Crippen LogP contribution in [0.15, 0.2) is 36.4 Å². The summed E-state index contributed by atoms with van der Waals surface area (Å²) in [4.78, 5) is 30.5. The SMILES string of the molecule is C[C@H]1CN([C@@H](C)CO)C(=O)c2cc(NC(=O)C3CCCCC3)ccc2O[C@@H]1CN(C)Cc1ccc2c(c1)OCO2. The highest BCUT2D eigenvalue weighted by atomic mass is 16.7. The highest BCUT2D eigenvalue weighted by Crippen LogP contribution is 2.34. The Morgan fingerprint density at radius 1 is 1.10 bits per heavy atom. The largest absolute Gasteiger partial charge is 0.488 e. The summed E-state index contributed by atoms with van der Waals surface area (Å²) in [6.45, 7) is 5.80. The molecule has 2 amide bonds. The van der Waals surface area contributed by atoms with E-state index < -0.39 is 0 Å². The lowest BCUT2D eigenvalue weighted by molar-refractivity contribution is -0.120. The molecule has 9 nitrogen and oxygen atoms in total. The minimum atomic E-state index is -0.353. The van der Waals surface area contributed by atoms with Gasteiger partial charge in [0.1, 0.15) is 11.9 Å². The number of aliphatic hydroxyl groups is 1. The number of amides is 2. The van der Waals surface area contributed by atoms with Gasteiger partial charge in [-0.1, -0.05) is 32.3 Å². The summed E-state index contributed by atoms with van der Waals surface area (Å²) >= 11 is 0. The fourth-order valence-corrected chi connectivity index (χ4v) is 5.85. The molecule has 9 heteroatoms. The second kappa shape index (κ2) is 12.5. The van der Waals surface area contributed by atoms with Crippen molar-refractivity contribution in [3.63, 3.8) is 0 Å². The molecule has 2 aromatic rings. The van der Waals surface area contributed by atoms with Crippen molar-refractivity contribution in [1.82, 2.24) is 9.80 Å². The molecule has 2 aromatic carbocycles. The Hall–Kier alpha value is -3.30. The third-order valence-electron chi connectivity index (χ3n) is 8.29. The Balaban J connectivity index is 1.35. The Morgan fingerprint density at radius 3 is 2.62 bits per heavy atom. The summed E-state index contributed by atoms with van der Waals surface area (Å²) in [5.74, 6) is 1.84. The van der Waals surface area contributed by atoms with Crippen LogP contribution in [0, 0.1) is 11.8 Å². The van der Waals surface area contributed by atoms with E-state index in [1.807, 2.05) is 38.2 Å². The molecule has 2 N–H and O–H groups in total. The molecule has 0 aromatic heterocycles. The van der Waals surface area contributed by atoms with Crippen LogP contribution in [0.5, 0.6) is 17.2 Å². The number of nitrogens with zero attached hydrogens (tertiary/aromatic N) is 2. The molecule has 2 aliphatic heterocycles. The number of likely N-dealkylation sites (N-methyl/N-ethyl adjacent to an activating group) is 1. The van der Waals surface area contributed by atoms with E-state index in [1.54, 1.807) is 17.0 Å². The van der Waals surface area contributed by atoms with Crippen LogP contribution in [0.2, 0.25) is 0 Å². The average Bonchev–Trinajstić information content (AvgIpc) is 3.43. The number of benzene rings is 2. The number of fused-ring (bicyclic) bond motifs is 2. The van der Waals surface area contributed by atoms with E-state index in [4.69, 9.17) is 14.2 Å². The van der Waals surface area contributed by atoms with E-state index >= 15 is 0 Å². The van der Waals surface area contributed by atoms with Crippen molar-refractivity contribution in [2.24, 2.45) is 11.8 Å². The first kappa shape index (κ1) is 28.2. The van der Waals surface area contributed by atoms with Gasteiger partial charge < -0.3 is 29.5 Å². The lowest BCUT2D eigenvalue weighted by Gasteiger charge is -2.38. The normalized spacial score (nSPS) is 21.8. The highest BCUT2D eigenvalue weighted by molar-refractivity contribution is 6.00. The molecule has 1 aliphatic carbocycles. The number of hydrogen-bond acceptors (Lipinski definition) is 7. The molecule has 0 spiro atoms. The van der Waals surface area contributed by atoms with E-state index in [1.165, 1.54) is 6.42 Å². The first-order valence-electron chi connectivity index (χ1n) is 14.4. The number of carbonyl (C=O) groups excluding carboxylic acids is 2. The number of rotatable bonds is 8. The third-order valence-corrected chi connectivity index (χ3v) is 8.29. The molecule has 1 saturated carbocycles. The van der Waals surface area contributed by atoms with Gasteiger partial charge in [0.25, 0.3) is 5.91 Å². The third kappa shape index (κ3) is 6.36. The molecule has 0 bridgehead atoms. The Labute approximate surface area is 236 Å². The standard InChI is InChI=1S/C31H41N3O6/c1-20-15-34(21(2)18-35)31(37)25-14-24(32-30(36)23-7-5-4-6-8-23)10-12-26(25)40-29(20)17-33(3)16-22-9-11-27-28(13-22)39-19-38-27/h9-14,20-21,23,29,35H,4-8,15-19H2,1-3H3,(H,32,36)/t20-,21-,29+/m0/s1. The summed E-state index contributed by atoms with van der Waals surface area (Å²) in [5.41, 5.74) is 2.10. The summed E-state index contributed by atoms with van der Waals surface area (Å²) in [6, 6.07) is 10.9. The molecule has 3 aliphatic rings. The van der Waals surface area contributed by atoms with Gasteiger partial charge in [-0.3, -0.25) is 14.5 Å². The maximum absolute atomic E-state index is 13.7. The van der Waals surface area contributed by atoms with Crippen molar-refractivity contribution in [2.45, 2.75) is 64.6 Å². The quantitative estimate of drug-likeness (QED) is 0.505. The van der Waals surface area contributed by atoms with Crippen LogP contribution in [0.4, 0.5) is 5.69 Å². The minimum Gasteiger partial charge on any atom is -0.488 e. The first-order chi connectivity index (χ1) is 19.3. The lowest BCUT2D eigenvalue weighted by Crippen LogP contribution is -2.49. The molecule has 2 heterocycles. The number of anilines is 1. The van der Waals surface area contributed by atoms with Gasteiger partial charge in [-0.25, -0.2) is 0 Å². The number of ether oxygens (including phenoxy) is 3. The Kier molecular flexibility index (Phi) is 8.81. The van der Waals surface area contributed by atoms with E-state index in [0.29, 0.717) is 36.6 Å². The van der Waals surface area contributed by atoms with E-state index in [9.17, 15) is 14.7 Å². The maximum Gasteiger partial charge on any atom is 0.258 e. The molecular formula is C31H41N3O6. The van der Waals surface area contributed by atoms with Crippen molar-refractivity contribution < 1.29 is 28.9 Å². The second-order valence-electron chi connectivity index (χ2n) is 11.5. The van der Waals surface area contributed by atoms with Gasteiger partial charge in [-0.2, -0.15) is 0 Å². The van der Waals surface area contributed by atoms with Gasteiger partial charge in [0.15, 0.2) is 11.5 Å². The number of carbonyl (C=O) groups is 2.